The molecule has 1 aromatic rings. The highest BCUT2D eigenvalue weighted by Crippen LogP contribution is 2.14. The highest BCUT2D eigenvalue weighted by molar-refractivity contribution is 5.34. The molecule has 0 atom stereocenters. The molecule has 2 rings (SSSR count). The summed E-state index contributed by atoms with van der Waals surface area (Å²) in [5.41, 5.74) is 2.11. The van der Waals surface area contributed by atoms with E-state index in [9.17, 15) is 0 Å². The van der Waals surface area contributed by atoms with E-state index < -0.39 is 0 Å². The zero-order chi connectivity index (χ0) is 10.7. The first-order chi connectivity index (χ1) is 7.29. The van der Waals surface area contributed by atoms with Crippen molar-refractivity contribution in [2.45, 2.75) is 20.0 Å². The molecular formula is C11H15N3O. The van der Waals surface area contributed by atoms with Crippen molar-refractivity contribution in [3.8, 4) is 0 Å². The molecule has 2 heterocycles. The van der Waals surface area contributed by atoms with Gasteiger partial charge in [0.25, 0.3) is 0 Å². The van der Waals surface area contributed by atoms with E-state index in [1.54, 1.807) is 12.4 Å². The van der Waals surface area contributed by atoms with Gasteiger partial charge in [0.15, 0.2) is 0 Å². The Morgan fingerprint density at radius 2 is 2.13 bits per heavy atom. The van der Waals surface area contributed by atoms with Crippen molar-refractivity contribution in [2.24, 2.45) is 0 Å². The van der Waals surface area contributed by atoms with Crippen LogP contribution in [0.2, 0.25) is 0 Å². The highest BCUT2D eigenvalue weighted by atomic mass is 16.3. The van der Waals surface area contributed by atoms with Gasteiger partial charge in [-0.05, 0) is 13.3 Å². The highest BCUT2D eigenvalue weighted by Gasteiger charge is 2.12. The Kier molecular flexibility index (Phi) is 2.97. The van der Waals surface area contributed by atoms with E-state index in [1.807, 2.05) is 0 Å². The smallest absolute Gasteiger partial charge is 0.225 e. The fourth-order valence-electron chi connectivity index (χ4n) is 1.68. The van der Waals surface area contributed by atoms with Crippen molar-refractivity contribution in [2.75, 3.05) is 18.0 Å². The Hall–Kier alpha value is -1.42. The van der Waals surface area contributed by atoms with Gasteiger partial charge < -0.3 is 10.0 Å². The average molecular weight is 205 g/mol. The lowest BCUT2D eigenvalue weighted by molar-refractivity contribution is 0.281. The molecule has 0 radical (unpaired) electrons. The van der Waals surface area contributed by atoms with Crippen LogP contribution in [0, 0.1) is 0 Å². The van der Waals surface area contributed by atoms with Crippen LogP contribution in [-0.2, 0) is 6.61 Å². The van der Waals surface area contributed by atoms with Gasteiger partial charge in [0.1, 0.15) is 0 Å². The predicted octanol–water partition coefficient (Wildman–Crippen LogP) is 1.13. The Morgan fingerprint density at radius 1 is 1.40 bits per heavy atom. The van der Waals surface area contributed by atoms with Crippen LogP contribution in [-0.4, -0.2) is 28.2 Å². The molecule has 4 heteroatoms. The fourth-order valence-corrected chi connectivity index (χ4v) is 1.68. The average Bonchev–Trinajstić information content (AvgIpc) is 2.29. The van der Waals surface area contributed by atoms with E-state index in [1.165, 1.54) is 5.57 Å². The number of anilines is 1. The standard InChI is InChI=1S/C11H15N3O/c1-9-3-2-4-14(7-9)11-12-5-10(8-15)6-13-11/h3,5-6,15H,2,4,7-8H2,1H3. The molecule has 80 valence electrons. The fraction of sp³-hybridized carbons (Fsp3) is 0.455. The molecule has 1 aromatic heterocycles. The van der Waals surface area contributed by atoms with Crippen LogP contribution in [0.4, 0.5) is 5.95 Å². The molecule has 0 aliphatic carbocycles. The van der Waals surface area contributed by atoms with Crippen LogP contribution in [0.3, 0.4) is 0 Å². The topological polar surface area (TPSA) is 49.2 Å². The second-order valence-corrected chi connectivity index (χ2v) is 3.81. The maximum Gasteiger partial charge on any atom is 0.225 e. The minimum Gasteiger partial charge on any atom is -0.392 e. The summed E-state index contributed by atoms with van der Waals surface area (Å²) in [4.78, 5) is 10.6. The predicted molar refractivity (Wildman–Crippen MR) is 58.5 cm³/mol. The molecule has 15 heavy (non-hydrogen) atoms. The number of rotatable bonds is 2. The summed E-state index contributed by atoms with van der Waals surface area (Å²) in [7, 11) is 0. The van der Waals surface area contributed by atoms with Crippen LogP contribution < -0.4 is 4.90 Å². The van der Waals surface area contributed by atoms with Crippen LogP contribution >= 0.6 is 0 Å². The van der Waals surface area contributed by atoms with E-state index in [4.69, 9.17) is 5.11 Å². The van der Waals surface area contributed by atoms with Gasteiger partial charge in [0.05, 0.1) is 6.61 Å². The van der Waals surface area contributed by atoms with Gasteiger partial charge in [-0.25, -0.2) is 9.97 Å². The number of nitrogens with zero attached hydrogens (tertiary/aromatic N) is 3. The molecule has 0 saturated heterocycles. The third kappa shape index (κ3) is 2.33. The zero-order valence-electron chi connectivity index (χ0n) is 8.85. The first kappa shape index (κ1) is 10.1. The minimum atomic E-state index is -0.000783. The molecule has 0 unspecified atom stereocenters. The summed E-state index contributed by atoms with van der Waals surface area (Å²) in [6.07, 6.45) is 6.65. The molecule has 0 bridgehead atoms. The quantitative estimate of drug-likeness (QED) is 0.735. The first-order valence-electron chi connectivity index (χ1n) is 5.12. The molecule has 0 aromatic carbocycles. The largest absolute Gasteiger partial charge is 0.392 e. The molecule has 1 aliphatic heterocycles. The molecule has 0 saturated carbocycles. The van der Waals surface area contributed by atoms with Crippen molar-refractivity contribution in [3.63, 3.8) is 0 Å². The maximum absolute atomic E-state index is 8.88. The number of aromatic nitrogens is 2. The third-order valence-corrected chi connectivity index (χ3v) is 2.49. The van der Waals surface area contributed by atoms with E-state index in [2.05, 4.69) is 27.9 Å². The van der Waals surface area contributed by atoms with Gasteiger partial charge in [-0.15, -0.1) is 0 Å². The van der Waals surface area contributed by atoms with Crippen molar-refractivity contribution in [3.05, 3.63) is 29.6 Å². The van der Waals surface area contributed by atoms with Gasteiger partial charge in [-0.2, -0.15) is 0 Å². The van der Waals surface area contributed by atoms with Crippen LogP contribution in [0.15, 0.2) is 24.0 Å². The lowest BCUT2D eigenvalue weighted by Crippen LogP contribution is -2.30. The Labute approximate surface area is 89.3 Å². The zero-order valence-corrected chi connectivity index (χ0v) is 8.85. The summed E-state index contributed by atoms with van der Waals surface area (Å²) in [5, 5.41) is 8.88. The molecule has 1 aliphatic rings. The van der Waals surface area contributed by atoms with E-state index in [0.29, 0.717) is 0 Å². The Balaban J connectivity index is 2.12. The van der Waals surface area contributed by atoms with Gasteiger partial charge >= 0.3 is 0 Å². The summed E-state index contributed by atoms with van der Waals surface area (Å²) in [6, 6.07) is 0. The summed E-state index contributed by atoms with van der Waals surface area (Å²) in [5.74, 6) is 0.750. The lowest BCUT2D eigenvalue weighted by Gasteiger charge is -2.25. The molecule has 0 fully saturated rings. The van der Waals surface area contributed by atoms with Crippen molar-refractivity contribution in [1.82, 2.24) is 9.97 Å². The number of hydrogen-bond donors (Lipinski definition) is 1. The van der Waals surface area contributed by atoms with Crippen molar-refractivity contribution >= 4 is 5.95 Å². The van der Waals surface area contributed by atoms with Crippen LogP contribution in [0.25, 0.3) is 0 Å². The number of hydrogen-bond acceptors (Lipinski definition) is 4. The SMILES string of the molecule is CC1=CCCN(c2ncc(CO)cn2)C1. The molecule has 0 spiro atoms. The van der Waals surface area contributed by atoms with Gasteiger partial charge in [-0.3, -0.25) is 0 Å². The molecule has 1 N–H and O–H groups in total. The van der Waals surface area contributed by atoms with E-state index in [-0.39, 0.29) is 6.61 Å². The van der Waals surface area contributed by atoms with Gasteiger partial charge in [-0.1, -0.05) is 11.6 Å². The van der Waals surface area contributed by atoms with Gasteiger partial charge in [0, 0.05) is 31.0 Å². The van der Waals surface area contributed by atoms with Crippen LogP contribution in [0.1, 0.15) is 18.9 Å². The second-order valence-electron chi connectivity index (χ2n) is 3.81. The number of aliphatic hydroxyl groups is 1. The van der Waals surface area contributed by atoms with E-state index in [0.717, 1.165) is 31.0 Å². The lowest BCUT2D eigenvalue weighted by atomic mass is 10.1. The molecule has 0 amide bonds. The first-order valence-corrected chi connectivity index (χ1v) is 5.12. The van der Waals surface area contributed by atoms with Crippen molar-refractivity contribution < 1.29 is 5.11 Å². The summed E-state index contributed by atoms with van der Waals surface area (Å²) < 4.78 is 0. The third-order valence-electron chi connectivity index (χ3n) is 2.49. The van der Waals surface area contributed by atoms with Crippen LogP contribution in [0.5, 0.6) is 0 Å². The maximum atomic E-state index is 8.88. The molecule has 4 nitrogen and oxygen atoms in total. The normalized spacial score (nSPS) is 16.4. The number of aliphatic hydroxyl groups excluding tert-OH is 1. The Morgan fingerprint density at radius 3 is 2.73 bits per heavy atom. The van der Waals surface area contributed by atoms with E-state index >= 15 is 0 Å². The molecular weight excluding hydrogens is 190 g/mol. The monoisotopic (exact) mass is 205 g/mol. The Bertz CT molecular complexity index is 359. The van der Waals surface area contributed by atoms with Gasteiger partial charge in [0.2, 0.25) is 5.95 Å². The summed E-state index contributed by atoms with van der Waals surface area (Å²) in [6.45, 7) is 3.99. The minimum absolute atomic E-state index is 0.000783. The van der Waals surface area contributed by atoms with Crippen molar-refractivity contribution in [1.29, 1.82) is 0 Å². The second kappa shape index (κ2) is 4.40. The summed E-state index contributed by atoms with van der Waals surface area (Å²) >= 11 is 0.